The Bertz CT molecular complexity index is 448. The molecule has 1 atom stereocenters. The van der Waals surface area contributed by atoms with Gasteiger partial charge in [0, 0.05) is 17.8 Å². The van der Waals surface area contributed by atoms with Crippen molar-refractivity contribution in [2.45, 2.75) is 25.1 Å². The molecule has 1 aliphatic rings. The van der Waals surface area contributed by atoms with E-state index >= 15 is 0 Å². The molecule has 1 aliphatic heterocycles. The Balaban J connectivity index is 2.06. The normalized spacial score (nSPS) is 20.7. The maximum atomic E-state index is 12.6. The van der Waals surface area contributed by atoms with E-state index in [2.05, 4.69) is 4.90 Å². The summed E-state index contributed by atoms with van der Waals surface area (Å²) in [6, 6.07) is 3.58. The third-order valence-electron chi connectivity index (χ3n) is 3.37. The second-order valence-corrected chi connectivity index (χ2v) is 4.88. The molecule has 106 valence electrons. The molecular weight excluding hydrogens is 257 g/mol. The summed E-state index contributed by atoms with van der Waals surface area (Å²) in [4.78, 5) is 2.15. The number of ether oxygens (including phenoxy) is 1. The van der Waals surface area contributed by atoms with E-state index in [9.17, 15) is 13.2 Å². The highest BCUT2D eigenvalue weighted by Gasteiger charge is 2.31. The van der Waals surface area contributed by atoms with Crippen LogP contribution in [0.25, 0.3) is 0 Å². The van der Waals surface area contributed by atoms with Gasteiger partial charge >= 0.3 is 6.18 Å². The fraction of sp³-hybridized carbons (Fsp3) is 0.538. The van der Waals surface area contributed by atoms with E-state index in [-0.39, 0.29) is 17.5 Å². The van der Waals surface area contributed by atoms with Gasteiger partial charge in [0.05, 0.1) is 5.56 Å². The van der Waals surface area contributed by atoms with Crippen LogP contribution in [0.3, 0.4) is 0 Å². The molecule has 0 amide bonds. The zero-order valence-electron chi connectivity index (χ0n) is 10.7. The molecule has 1 aromatic carbocycles. The average molecular weight is 274 g/mol. The molecule has 1 fully saturated rings. The number of alkyl halides is 3. The quantitative estimate of drug-likeness (QED) is 0.861. The van der Waals surface area contributed by atoms with Crippen molar-refractivity contribution in [3.05, 3.63) is 23.8 Å². The van der Waals surface area contributed by atoms with E-state index in [4.69, 9.17) is 10.5 Å². The largest absolute Gasteiger partial charge is 0.492 e. The third-order valence-corrected chi connectivity index (χ3v) is 3.37. The number of anilines is 1. The maximum Gasteiger partial charge on any atom is 0.416 e. The van der Waals surface area contributed by atoms with Crippen molar-refractivity contribution in [1.29, 1.82) is 0 Å². The fourth-order valence-corrected chi connectivity index (χ4v) is 2.25. The standard InChI is InChI=1S/C13H17F3N2O/c1-18-4-2-3-11(18)8-19-12-6-9(13(14,15)16)5-10(17)7-12/h5-7,11H,2-4,8,17H2,1H3. The van der Waals surface area contributed by atoms with Crippen LogP contribution in [-0.4, -0.2) is 31.1 Å². The molecule has 0 aliphatic carbocycles. The highest BCUT2D eigenvalue weighted by atomic mass is 19.4. The Morgan fingerprint density at radius 1 is 1.37 bits per heavy atom. The van der Waals surface area contributed by atoms with E-state index in [1.807, 2.05) is 7.05 Å². The molecule has 1 heterocycles. The van der Waals surface area contributed by atoms with Crippen LogP contribution in [0, 0.1) is 0 Å². The highest BCUT2D eigenvalue weighted by molar-refractivity contribution is 5.48. The van der Waals surface area contributed by atoms with Crippen LogP contribution in [0.15, 0.2) is 18.2 Å². The van der Waals surface area contributed by atoms with Gasteiger partial charge in [-0.3, -0.25) is 0 Å². The average Bonchev–Trinajstić information content (AvgIpc) is 2.70. The first-order valence-corrected chi connectivity index (χ1v) is 6.17. The Kier molecular flexibility index (Phi) is 3.89. The predicted molar refractivity (Wildman–Crippen MR) is 67.0 cm³/mol. The van der Waals surface area contributed by atoms with Gasteiger partial charge in [0.15, 0.2) is 0 Å². The van der Waals surface area contributed by atoms with Crippen LogP contribution < -0.4 is 10.5 Å². The van der Waals surface area contributed by atoms with Gasteiger partial charge < -0.3 is 15.4 Å². The van der Waals surface area contributed by atoms with E-state index < -0.39 is 11.7 Å². The minimum absolute atomic E-state index is 0.0598. The number of likely N-dealkylation sites (tertiary alicyclic amines) is 1. The molecule has 3 nitrogen and oxygen atoms in total. The molecule has 1 unspecified atom stereocenters. The van der Waals surface area contributed by atoms with Gasteiger partial charge in [-0.2, -0.15) is 13.2 Å². The molecule has 6 heteroatoms. The Hall–Kier alpha value is -1.43. The molecule has 0 radical (unpaired) electrons. The molecule has 0 aromatic heterocycles. The summed E-state index contributed by atoms with van der Waals surface area (Å²) >= 11 is 0. The predicted octanol–water partition coefficient (Wildman–Crippen LogP) is 2.76. The number of nitrogen functional groups attached to an aromatic ring is 1. The lowest BCUT2D eigenvalue weighted by atomic mass is 10.2. The maximum absolute atomic E-state index is 12.6. The van der Waals surface area contributed by atoms with Crippen LogP contribution in [0.5, 0.6) is 5.75 Å². The van der Waals surface area contributed by atoms with Crippen LogP contribution in [-0.2, 0) is 6.18 Å². The van der Waals surface area contributed by atoms with Gasteiger partial charge in [-0.05, 0) is 38.6 Å². The van der Waals surface area contributed by atoms with Crippen molar-refractivity contribution >= 4 is 5.69 Å². The summed E-state index contributed by atoms with van der Waals surface area (Å²) in [7, 11) is 1.99. The zero-order valence-corrected chi connectivity index (χ0v) is 10.7. The number of rotatable bonds is 3. The van der Waals surface area contributed by atoms with E-state index in [1.165, 1.54) is 6.07 Å². The van der Waals surface area contributed by atoms with Crippen LogP contribution >= 0.6 is 0 Å². The lowest BCUT2D eigenvalue weighted by Crippen LogP contribution is -2.30. The number of halogens is 3. The monoisotopic (exact) mass is 274 g/mol. The number of likely N-dealkylation sites (N-methyl/N-ethyl adjacent to an activating group) is 1. The Morgan fingerprint density at radius 3 is 2.68 bits per heavy atom. The zero-order chi connectivity index (χ0) is 14.0. The number of nitrogens with two attached hydrogens (primary N) is 1. The van der Waals surface area contributed by atoms with Crippen molar-refractivity contribution in [3.8, 4) is 5.75 Å². The summed E-state index contributed by atoms with van der Waals surface area (Å²) in [5, 5.41) is 0. The van der Waals surface area contributed by atoms with Crippen molar-refractivity contribution in [3.63, 3.8) is 0 Å². The van der Waals surface area contributed by atoms with Gasteiger partial charge in [0.25, 0.3) is 0 Å². The topological polar surface area (TPSA) is 38.5 Å². The molecule has 0 spiro atoms. The van der Waals surface area contributed by atoms with Gasteiger partial charge in [0.2, 0.25) is 0 Å². The second kappa shape index (κ2) is 5.28. The van der Waals surface area contributed by atoms with Crippen molar-refractivity contribution < 1.29 is 17.9 Å². The minimum atomic E-state index is -4.41. The van der Waals surface area contributed by atoms with E-state index in [0.29, 0.717) is 6.61 Å². The minimum Gasteiger partial charge on any atom is -0.492 e. The van der Waals surface area contributed by atoms with Crippen LogP contribution in [0.1, 0.15) is 18.4 Å². The number of hydrogen-bond acceptors (Lipinski definition) is 3. The lowest BCUT2D eigenvalue weighted by Gasteiger charge is -2.20. The first-order chi connectivity index (χ1) is 8.86. The van der Waals surface area contributed by atoms with Crippen molar-refractivity contribution in [1.82, 2.24) is 4.90 Å². The lowest BCUT2D eigenvalue weighted by molar-refractivity contribution is -0.137. The van der Waals surface area contributed by atoms with E-state index in [1.54, 1.807) is 0 Å². The molecule has 0 bridgehead atoms. The fourth-order valence-electron chi connectivity index (χ4n) is 2.25. The molecule has 1 saturated heterocycles. The smallest absolute Gasteiger partial charge is 0.416 e. The molecular formula is C13H17F3N2O. The summed E-state index contributed by atoms with van der Waals surface area (Å²) < 4.78 is 43.4. The first kappa shape index (κ1) is 14.0. The molecule has 2 N–H and O–H groups in total. The van der Waals surface area contributed by atoms with Crippen LogP contribution in [0.2, 0.25) is 0 Å². The van der Waals surface area contributed by atoms with Gasteiger partial charge in [0.1, 0.15) is 12.4 Å². The molecule has 1 aromatic rings. The summed E-state index contributed by atoms with van der Waals surface area (Å²) in [5.41, 5.74) is 4.76. The Morgan fingerprint density at radius 2 is 2.11 bits per heavy atom. The SMILES string of the molecule is CN1CCCC1COc1cc(N)cc(C(F)(F)F)c1. The number of benzene rings is 1. The first-order valence-electron chi connectivity index (χ1n) is 6.17. The van der Waals surface area contributed by atoms with Crippen molar-refractivity contribution in [2.75, 3.05) is 25.9 Å². The summed E-state index contributed by atoms with van der Waals surface area (Å²) in [6.07, 6.45) is -2.31. The van der Waals surface area contributed by atoms with Crippen molar-refractivity contribution in [2.24, 2.45) is 0 Å². The van der Waals surface area contributed by atoms with E-state index in [0.717, 1.165) is 31.5 Å². The summed E-state index contributed by atoms with van der Waals surface area (Å²) in [5.74, 6) is 0.174. The third kappa shape index (κ3) is 3.53. The van der Waals surface area contributed by atoms with Crippen LogP contribution in [0.4, 0.5) is 18.9 Å². The molecule has 19 heavy (non-hydrogen) atoms. The number of hydrogen-bond donors (Lipinski definition) is 1. The summed E-state index contributed by atoms with van der Waals surface area (Å²) in [6.45, 7) is 1.38. The van der Waals surface area contributed by atoms with Gasteiger partial charge in [-0.1, -0.05) is 0 Å². The molecule has 2 rings (SSSR count). The van der Waals surface area contributed by atoms with Gasteiger partial charge in [-0.15, -0.1) is 0 Å². The Labute approximate surface area is 110 Å². The van der Waals surface area contributed by atoms with Gasteiger partial charge in [-0.25, -0.2) is 0 Å². The molecule has 0 saturated carbocycles. The highest BCUT2D eigenvalue weighted by Crippen LogP contribution is 2.33. The number of nitrogens with zero attached hydrogens (tertiary/aromatic N) is 1. The second-order valence-electron chi connectivity index (χ2n) is 4.88.